The Labute approximate surface area is 157 Å². The van der Waals surface area contributed by atoms with Crippen molar-refractivity contribution in [2.24, 2.45) is 0 Å². The van der Waals surface area contributed by atoms with Gasteiger partial charge in [0.15, 0.2) is 0 Å². The van der Waals surface area contributed by atoms with Crippen LogP contribution in [-0.4, -0.2) is 13.2 Å². The monoisotopic (exact) mass is 375 g/mol. The van der Waals surface area contributed by atoms with Gasteiger partial charge >= 0.3 is 6.09 Å². The number of nitrogens with zero attached hydrogens (tertiary/aromatic N) is 1. The Morgan fingerprint density at radius 2 is 1.96 bits per heavy atom. The molecule has 0 saturated carbocycles. The number of anilines is 1. The molecule has 2 aromatic rings. The Balaban J connectivity index is 1.99. The number of methoxy groups -OCH3 is 1. The molecular formula is C20H19Cl2NO2. The summed E-state index contributed by atoms with van der Waals surface area (Å²) in [6.07, 6.45) is 1.36. The molecule has 130 valence electrons. The van der Waals surface area contributed by atoms with E-state index in [1.54, 1.807) is 4.90 Å². The van der Waals surface area contributed by atoms with Gasteiger partial charge in [0.05, 0.1) is 28.9 Å². The van der Waals surface area contributed by atoms with Gasteiger partial charge in [0.2, 0.25) is 0 Å². The second kappa shape index (κ2) is 5.65. The first kappa shape index (κ1) is 16.7. The van der Waals surface area contributed by atoms with Crippen molar-refractivity contribution in [1.82, 2.24) is 0 Å². The van der Waals surface area contributed by atoms with Crippen molar-refractivity contribution in [3.05, 3.63) is 62.6 Å². The van der Waals surface area contributed by atoms with Crippen molar-refractivity contribution in [1.29, 1.82) is 0 Å². The number of halogens is 2. The average Bonchev–Trinajstić information content (AvgIpc) is 2.57. The average molecular weight is 376 g/mol. The molecule has 25 heavy (non-hydrogen) atoms. The van der Waals surface area contributed by atoms with Crippen LogP contribution in [0, 0.1) is 6.92 Å². The van der Waals surface area contributed by atoms with Crippen LogP contribution in [0.15, 0.2) is 30.3 Å². The van der Waals surface area contributed by atoms with Crippen LogP contribution in [0.2, 0.25) is 10.0 Å². The van der Waals surface area contributed by atoms with Crippen molar-refractivity contribution in [3.8, 4) is 0 Å². The highest BCUT2D eigenvalue weighted by molar-refractivity contribution is 6.42. The van der Waals surface area contributed by atoms with E-state index in [2.05, 4.69) is 19.9 Å². The van der Waals surface area contributed by atoms with E-state index in [-0.39, 0.29) is 17.6 Å². The number of aryl methyl sites for hydroxylation is 1. The Bertz CT molecular complexity index is 896. The molecule has 3 nitrogen and oxygen atoms in total. The molecule has 0 aromatic heterocycles. The number of carbonyl (C=O) groups is 1. The van der Waals surface area contributed by atoms with E-state index < -0.39 is 0 Å². The Morgan fingerprint density at radius 3 is 2.68 bits per heavy atom. The Kier molecular flexibility index (Phi) is 3.78. The van der Waals surface area contributed by atoms with E-state index in [1.165, 1.54) is 18.2 Å². The van der Waals surface area contributed by atoms with Crippen LogP contribution in [0.1, 0.15) is 41.6 Å². The van der Waals surface area contributed by atoms with Gasteiger partial charge in [-0.25, -0.2) is 4.79 Å². The lowest BCUT2D eigenvalue weighted by Crippen LogP contribution is -2.48. The van der Waals surface area contributed by atoms with Crippen molar-refractivity contribution in [2.75, 3.05) is 12.0 Å². The number of rotatable bonds is 0. The summed E-state index contributed by atoms with van der Waals surface area (Å²) >= 11 is 12.5. The number of fused-ring (bicyclic) bond motifs is 6. The number of ether oxygens (including phenoxy) is 1. The molecule has 0 saturated heterocycles. The maximum absolute atomic E-state index is 12.6. The minimum absolute atomic E-state index is 0.0549. The fourth-order valence-corrected chi connectivity index (χ4v) is 4.73. The largest absolute Gasteiger partial charge is 0.452 e. The standard InChI is InChI=1S/C20H19Cl2NO2/c1-11-4-5-17-14(6-11)20(2)9-12-7-15(21)16(22)8-13(12)18(10-20)23(17)19(24)25-3/h4-8,18H,9-10H2,1-3H3. The van der Waals surface area contributed by atoms with Gasteiger partial charge in [0, 0.05) is 5.41 Å². The van der Waals surface area contributed by atoms with Crippen LogP contribution in [0.3, 0.4) is 0 Å². The molecule has 2 aromatic carbocycles. The van der Waals surface area contributed by atoms with E-state index in [9.17, 15) is 4.79 Å². The van der Waals surface area contributed by atoms with Gasteiger partial charge in [-0.2, -0.15) is 0 Å². The predicted octanol–water partition coefficient (Wildman–Crippen LogP) is 5.83. The lowest BCUT2D eigenvalue weighted by molar-refractivity contribution is 0.171. The first-order valence-corrected chi connectivity index (χ1v) is 9.06. The molecule has 1 heterocycles. The number of hydrogen-bond acceptors (Lipinski definition) is 2. The van der Waals surface area contributed by atoms with Crippen LogP contribution >= 0.6 is 23.2 Å². The van der Waals surface area contributed by atoms with Gasteiger partial charge in [-0.3, -0.25) is 4.90 Å². The summed E-state index contributed by atoms with van der Waals surface area (Å²) < 4.78 is 5.10. The maximum atomic E-state index is 12.6. The molecule has 0 spiro atoms. The third-order valence-corrected chi connectivity index (χ3v) is 6.23. The number of amides is 1. The number of benzene rings is 2. The number of hydrogen-bond donors (Lipinski definition) is 0. The first-order valence-electron chi connectivity index (χ1n) is 8.30. The molecule has 2 bridgehead atoms. The topological polar surface area (TPSA) is 29.5 Å². The molecule has 4 rings (SSSR count). The minimum Gasteiger partial charge on any atom is -0.452 e. The zero-order chi connectivity index (χ0) is 17.9. The van der Waals surface area contributed by atoms with Crippen LogP contribution in [-0.2, 0) is 16.6 Å². The van der Waals surface area contributed by atoms with Crippen molar-refractivity contribution in [2.45, 2.75) is 38.1 Å². The fraction of sp³-hybridized carbons (Fsp3) is 0.350. The van der Waals surface area contributed by atoms with E-state index in [0.717, 1.165) is 29.7 Å². The van der Waals surface area contributed by atoms with Gasteiger partial charge in [0.1, 0.15) is 0 Å². The lowest BCUT2D eigenvalue weighted by Gasteiger charge is -2.50. The molecule has 0 N–H and O–H groups in total. The second-order valence-electron chi connectivity index (χ2n) is 7.28. The molecule has 2 atom stereocenters. The summed E-state index contributed by atoms with van der Waals surface area (Å²) in [5, 5.41) is 1.07. The minimum atomic E-state index is -0.351. The van der Waals surface area contributed by atoms with Crippen LogP contribution in [0.25, 0.3) is 0 Å². The van der Waals surface area contributed by atoms with Crippen LogP contribution in [0.5, 0.6) is 0 Å². The third-order valence-electron chi connectivity index (χ3n) is 5.51. The molecule has 2 unspecified atom stereocenters. The Hall–Kier alpha value is -1.71. The van der Waals surface area contributed by atoms with Gasteiger partial charge in [-0.1, -0.05) is 47.8 Å². The summed E-state index contributed by atoms with van der Waals surface area (Å²) in [4.78, 5) is 14.4. The summed E-state index contributed by atoms with van der Waals surface area (Å²) in [5.41, 5.74) is 5.44. The van der Waals surface area contributed by atoms with Gasteiger partial charge in [-0.05, 0) is 54.7 Å². The third kappa shape index (κ3) is 2.44. The highest BCUT2D eigenvalue weighted by Gasteiger charge is 2.47. The molecule has 5 heteroatoms. The molecule has 0 radical (unpaired) electrons. The van der Waals surface area contributed by atoms with Gasteiger partial charge in [-0.15, -0.1) is 0 Å². The number of carbonyl (C=O) groups excluding carboxylic acids is 1. The second-order valence-corrected chi connectivity index (χ2v) is 8.10. The van der Waals surface area contributed by atoms with Crippen molar-refractivity contribution < 1.29 is 9.53 Å². The first-order chi connectivity index (χ1) is 11.8. The van der Waals surface area contributed by atoms with E-state index in [1.807, 2.05) is 24.3 Å². The molecule has 2 aliphatic rings. The summed E-state index contributed by atoms with van der Waals surface area (Å²) in [7, 11) is 1.42. The smallest absolute Gasteiger partial charge is 0.414 e. The van der Waals surface area contributed by atoms with Gasteiger partial charge < -0.3 is 4.74 Å². The lowest BCUT2D eigenvalue weighted by atomic mass is 9.63. The SMILES string of the molecule is COC(=O)N1c2ccc(C)cc2C2(C)Cc3cc(Cl)c(Cl)cc3C1C2. The van der Waals surface area contributed by atoms with Crippen molar-refractivity contribution >= 4 is 35.0 Å². The predicted molar refractivity (Wildman–Crippen MR) is 101 cm³/mol. The highest BCUT2D eigenvalue weighted by Crippen LogP contribution is 2.54. The van der Waals surface area contributed by atoms with Crippen LogP contribution < -0.4 is 4.90 Å². The molecular weight excluding hydrogens is 357 g/mol. The molecule has 0 fully saturated rings. The zero-order valence-electron chi connectivity index (χ0n) is 14.4. The zero-order valence-corrected chi connectivity index (χ0v) is 15.9. The quantitative estimate of drug-likeness (QED) is 0.579. The summed E-state index contributed by atoms with van der Waals surface area (Å²) in [6, 6.07) is 9.98. The molecule has 1 aliphatic carbocycles. The normalized spacial score (nSPS) is 23.7. The highest BCUT2D eigenvalue weighted by atomic mass is 35.5. The van der Waals surface area contributed by atoms with E-state index >= 15 is 0 Å². The summed E-state index contributed by atoms with van der Waals surface area (Å²) in [5.74, 6) is 0. The van der Waals surface area contributed by atoms with E-state index in [0.29, 0.717) is 10.0 Å². The van der Waals surface area contributed by atoms with Crippen molar-refractivity contribution in [3.63, 3.8) is 0 Å². The Morgan fingerprint density at radius 1 is 1.24 bits per heavy atom. The van der Waals surface area contributed by atoms with E-state index in [4.69, 9.17) is 27.9 Å². The molecule has 1 amide bonds. The van der Waals surface area contributed by atoms with Crippen LogP contribution in [0.4, 0.5) is 10.5 Å². The maximum Gasteiger partial charge on any atom is 0.414 e. The molecule has 1 aliphatic heterocycles. The summed E-state index contributed by atoms with van der Waals surface area (Å²) in [6.45, 7) is 4.34. The van der Waals surface area contributed by atoms with Gasteiger partial charge in [0.25, 0.3) is 0 Å². The fourth-order valence-electron chi connectivity index (χ4n) is 4.37.